The fourth-order valence-corrected chi connectivity index (χ4v) is 3.37. The second-order valence-electron chi connectivity index (χ2n) is 6.61. The van der Waals surface area contributed by atoms with Gasteiger partial charge in [-0.05, 0) is 48.5 Å². The van der Waals surface area contributed by atoms with E-state index < -0.39 is 17.8 Å². The lowest BCUT2D eigenvalue weighted by atomic mass is 10.1. The Balaban J connectivity index is 1.49. The molecule has 0 N–H and O–H groups in total. The Bertz CT molecular complexity index is 1290. The van der Waals surface area contributed by atoms with Crippen molar-refractivity contribution in [3.63, 3.8) is 0 Å². The van der Waals surface area contributed by atoms with Gasteiger partial charge in [-0.2, -0.15) is 5.10 Å². The van der Waals surface area contributed by atoms with Gasteiger partial charge < -0.3 is 9.25 Å². The van der Waals surface area contributed by atoms with Crippen LogP contribution in [0.4, 0.5) is 0 Å². The van der Waals surface area contributed by atoms with Crippen molar-refractivity contribution >= 4 is 29.4 Å². The molecule has 1 aliphatic rings. The molecule has 3 heterocycles. The Morgan fingerprint density at radius 2 is 1.61 bits per heavy atom. The van der Waals surface area contributed by atoms with Gasteiger partial charge in [-0.3, -0.25) is 9.59 Å². The van der Waals surface area contributed by atoms with Crippen LogP contribution in [0.5, 0.6) is 0 Å². The summed E-state index contributed by atoms with van der Waals surface area (Å²) in [6.07, 6.45) is 1.49. The van der Waals surface area contributed by atoms with E-state index in [0.717, 1.165) is 0 Å². The summed E-state index contributed by atoms with van der Waals surface area (Å²) in [6, 6.07) is 17.9. The highest BCUT2D eigenvalue weighted by Gasteiger charge is 2.39. The first-order valence-corrected chi connectivity index (χ1v) is 9.51. The molecule has 2 aromatic carbocycles. The predicted molar refractivity (Wildman–Crippen MR) is 109 cm³/mol. The van der Waals surface area contributed by atoms with E-state index in [2.05, 4.69) is 5.10 Å². The second kappa shape index (κ2) is 7.26. The van der Waals surface area contributed by atoms with Gasteiger partial charge in [0.15, 0.2) is 11.5 Å². The Kier molecular flexibility index (Phi) is 4.41. The number of hydrogen-bond donors (Lipinski definition) is 0. The monoisotopic (exact) mass is 433 g/mol. The number of nitrogens with zero attached hydrogens (tertiary/aromatic N) is 3. The minimum atomic E-state index is -0.963. The molecule has 0 atom stereocenters. The van der Waals surface area contributed by atoms with Gasteiger partial charge in [0.25, 0.3) is 11.8 Å². The zero-order valence-corrected chi connectivity index (χ0v) is 16.4. The van der Waals surface area contributed by atoms with Crippen LogP contribution in [0.25, 0.3) is 17.1 Å². The van der Waals surface area contributed by atoms with Crippen molar-refractivity contribution in [2.75, 3.05) is 0 Å². The molecule has 0 saturated heterocycles. The van der Waals surface area contributed by atoms with Crippen LogP contribution in [0, 0.1) is 0 Å². The molecule has 2 aromatic heterocycles. The summed E-state index contributed by atoms with van der Waals surface area (Å²) in [6.45, 7) is 0. The quantitative estimate of drug-likeness (QED) is 0.449. The number of amides is 2. The van der Waals surface area contributed by atoms with Crippen LogP contribution in [0.15, 0.2) is 77.4 Å². The molecule has 0 radical (unpaired) electrons. The average Bonchev–Trinajstić information content (AvgIpc) is 3.51. The summed E-state index contributed by atoms with van der Waals surface area (Å²) in [7, 11) is 0. The number of aromatic nitrogens is 2. The number of furan rings is 1. The summed E-state index contributed by atoms with van der Waals surface area (Å²) in [5, 5.41) is 5.28. The normalized spacial score (nSPS) is 12.9. The first kappa shape index (κ1) is 18.8. The lowest BCUT2D eigenvalue weighted by Gasteiger charge is -2.11. The van der Waals surface area contributed by atoms with Crippen LogP contribution in [-0.2, 0) is 4.84 Å². The highest BCUT2D eigenvalue weighted by atomic mass is 35.5. The second-order valence-corrected chi connectivity index (χ2v) is 7.05. The Morgan fingerprint density at radius 3 is 2.23 bits per heavy atom. The van der Waals surface area contributed by atoms with Gasteiger partial charge in [-0.1, -0.05) is 28.8 Å². The molecule has 1 aliphatic heterocycles. The number of hydrogen-bond acceptors (Lipinski definition) is 6. The van der Waals surface area contributed by atoms with E-state index in [1.807, 2.05) is 0 Å². The van der Waals surface area contributed by atoms with Crippen LogP contribution in [-0.4, -0.2) is 32.6 Å². The maximum atomic E-state index is 12.8. The first-order valence-electron chi connectivity index (χ1n) is 9.13. The van der Waals surface area contributed by atoms with Crippen molar-refractivity contribution in [3.8, 4) is 17.1 Å². The summed E-state index contributed by atoms with van der Waals surface area (Å²) < 4.78 is 6.93. The number of imide groups is 1. The minimum absolute atomic E-state index is 0.113. The molecular formula is C22H12ClN3O5. The van der Waals surface area contributed by atoms with E-state index in [1.165, 1.54) is 29.1 Å². The molecule has 5 rings (SSSR count). The van der Waals surface area contributed by atoms with Crippen LogP contribution in [0.3, 0.4) is 0 Å². The first-order chi connectivity index (χ1) is 15.0. The van der Waals surface area contributed by atoms with Crippen molar-refractivity contribution in [1.82, 2.24) is 14.8 Å². The molecular weight excluding hydrogens is 422 g/mol. The van der Waals surface area contributed by atoms with Crippen LogP contribution >= 0.6 is 11.6 Å². The van der Waals surface area contributed by atoms with Crippen molar-refractivity contribution < 1.29 is 23.6 Å². The molecule has 0 unspecified atom stereocenters. The summed E-state index contributed by atoms with van der Waals surface area (Å²) in [5.74, 6) is -1.92. The van der Waals surface area contributed by atoms with E-state index >= 15 is 0 Å². The Morgan fingerprint density at radius 1 is 0.935 bits per heavy atom. The molecule has 0 aliphatic carbocycles. The highest BCUT2D eigenvalue weighted by molar-refractivity contribution is 6.30. The van der Waals surface area contributed by atoms with Crippen LogP contribution < -0.4 is 0 Å². The Hall–Kier alpha value is -4.17. The van der Waals surface area contributed by atoms with Crippen LogP contribution in [0.2, 0.25) is 5.02 Å². The molecule has 31 heavy (non-hydrogen) atoms. The number of rotatable bonds is 4. The van der Waals surface area contributed by atoms with Crippen molar-refractivity contribution in [2.45, 2.75) is 0 Å². The number of carbonyl (C=O) groups excluding carboxylic acids is 3. The standard InChI is InChI=1S/C22H12ClN3O5/c23-13-7-9-14(10-8-13)25-18(19-6-3-11-30-19)12-17(24-25)22(29)31-26-20(27)15-4-1-2-5-16(15)21(26)28/h1-12H. The maximum absolute atomic E-state index is 12.8. The topological polar surface area (TPSA) is 94.6 Å². The number of hydroxylamine groups is 2. The number of fused-ring (bicyclic) bond motifs is 1. The predicted octanol–water partition coefficient (Wildman–Crippen LogP) is 4.15. The van der Waals surface area contributed by atoms with E-state index in [1.54, 1.807) is 48.5 Å². The lowest BCUT2D eigenvalue weighted by molar-refractivity contribution is -0.0588. The largest absolute Gasteiger partial charge is 0.463 e. The lowest BCUT2D eigenvalue weighted by Crippen LogP contribution is -2.32. The number of benzene rings is 2. The molecule has 152 valence electrons. The average molecular weight is 434 g/mol. The van der Waals surface area contributed by atoms with Gasteiger partial charge in [0.05, 0.1) is 23.1 Å². The molecule has 0 fully saturated rings. The zero-order valence-electron chi connectivity index (χ0n) is 15.7. The fraction of sp³-hybridized carbons (Fsp3) is 0. The minimum Gasteiger partial charge on any atom is -0.463 e. The fourth-order valence-electron chi connectivity index (χ4n) is 3.24. The number of halogens is 1. The smallest absolute Gasteiger partial charge is 0.384 e. The zero-order chi connectivity index (χ0) is 21.5. The summed E-state index contributed by atoms with van der Waals surface area (Å²) in [4.78, 5) is 42.8. The van der Waals surface area contributed by atoms with Crippen molar-refractivity contribution in [1.29, 1.82) is 0 Å². The summed E-state index contributed by atoms with van der Waals surface area (Å²) in [5.41, 5.74) is 1.32. The summed E-state index contributed by atoms with van der Waals surface area (Å²) >= 11 is 5.96. The van der Waals surface area contributed by atoms with Gasteiger partial charge in [-0.25, -0.2) is 9.48 Å². The SMILES string of the molecule is O=C(ON1C(=O)c2ccccc2C1=O)c1cc(-c2ccco2)n(-c2ccc(Cl)cc2)n1. The van der Waals surface area contributed by atoms with E-state index in [0.29, 0.717) is 27.2 Å². The Labute approximate surface area is 180 Å². The molecule has 9 heteroatoms. The highest BCUT2D eigenvalue weighted by Crippen LogP contribution is 2.27. The molecule has 2 amide bonds. The van der Waals surface area contributed by atoms with Crippen molar-refractivity contribution in [2.24, 2.45) is 0 Å². The maximum Gasteiger partial charge on any atom is 0.384 e. The molecule has 8 nitrogen and oxygen atoms in total. The third kappa shape index (κ3) is 3.19. The third-order valence-electron chi connectivity index (χ3n) is 4.69. The van der Waals surface area contributed by atoms with Gasteiger partial charge in [0.1, 0.15) is 5.69 Å². The van der Waals surface area contributed by atoms with Gasteiger partial charge in [0, 0.05) is 11.1 Å². The van der Waals surface area contributed by atoms with E-state index in [9.17, 15) is 14.4 Å². The van der Waals surface area contributed by atoms with Gasteiger partial charge >= 0.3 is 5.97 Å². The number of carbonyl (C=O) groups is 3. The van der Waals surface area contributed by atoms with Crippen LogP contribution in [0.1, 0.15) is 31.2 Å². The third-order valence-corrected chi connectivity index (χ3v) is 4.95. The van der Waals surface area contributed by atoms with Crippen molar-refractivity contribution in [3.05, 3.63) is 94.8 Å². The van der Waals surface area contributed by atoms with E-state index in [-0.39, 0.29) is 16.8 Å². The van der Waals surface area contributed by atoms with Gasteiger partial charge in [-0.15, -0.1) is 0 Å². The molecule has 0 saturated carbocycles. The molecule has 0 spiro atoms. The molecule has 4 aromatic rings. The molecule has 0 bridgehead atoms. The van der Waals surface area contributed by atoms with Gasteiger partial charge in [0.2, 0.25) is 0 Å². The van der Waals surface area contributed by atoms with E-state index in [4.69, 9.17) is 20.9 Å².